The summed E-state index contributed by atoms with van der Waals surface area (Å²) in [6, 6.07) is 11.0. The Labute approximate surface area is 203 Å². The highest BCUT2D eigenvalue weighted by molar-refractivity contribution is 5.90. The second-order valence-corrected chi connectivity index (χ2v) is 7.81. The van der Waals surface area contributed by atoms with E-state index in [-0.39, 0.29) is 5.91 Å². The number of fused-ring (bicyclic) bond motifs is 1. The van der Waals surface area contributed by atoms with E-state index < -0.39 is 0 Å². The third-order valence-electron chi connectivity index (χ3n) is 5.50. The maximum Gasteiger partial charge on any atom is 0.224 e. The lowest BCUT2D eigenvalue weighted by Crippen LogP contribution is -2.09. The SMILES string of the molecule is CCC(=O)Nc1ccc(-c2nc(Nc3cc(OC)c(OC)c(OC)c3)c3c(C)nc(C)n3n2)cc1. The molecule has 0 aliphatic carbocycles. The van der Waals surface area contributed by atoms with Crippen LogP contribution < -0.4 is 24.8 Å². The number of hydrogen-bond donors (Lipinski definition) is 2. The second-order valence-electron chi connectivity index (χ2n) is 7.81. The van der Waals surface area contributed by atoms with Crippen LogP contribution in [0.25, 0.3) is 16.9 Å². The van der Waals surface area contributed by atoms with E-state index in [0.717, 1.165) is 22.6 Å². The maximum absolute atomic E-state index is 11.7. The smallest absolute Gasteiger partial charge is 0.224 e. The summed E-state index contributed by atoms with van der Waals surface area (Å²) >= 11 is 0. The number of aryl methyl sites for hydroxylation is 2. The first kappa shape index (κ1) is 23.8. The Morgan fingerprint density at radius 3 is 2.17 bits per heavy atom. The first-order valence-corrected chi connectivity index (χ1v) is 11.1. The predicted molar refractivity (Wildman–Crippen MR) is 134 cm³/mol. The van der Waals surface area contributed by atoms with Crippen molar-refractivity contribution in [1.82, 2.24) is 19.6 Å². The standard InChI is InChI=1S/C25H28N6O4/c1-7-21(32)27-17-10-8-16(9-11-17)24-29-25(22-14(2)26-15(3)31(22)30-24)28-18-12-19(33-4)23(35-6)20(13-18)34-5/h8-13H,7H2,1-6H3,(H,27,32)(H,28,29,30). The molecule has 1 amide bonds. The lowest BCUT2D eigenvalue weighted by Gasteiger charge is -2.16. The number of anilines is 3. The molecule has 0 aliphatic rings. The van der Waals surface area contributed by atoms with Gasteiger partial charge in [0.2, 0.25) is 11.7 Å². The number of benzene rings is 2. The molecule has 0 spiro atoms. The number of carbonyl (C=O) groups is 1. The first-order valence-electron chi connectivity index (χ1n) is 11.1. The highest BCUT2D eigenvalue weighted by Gasteiger charge is 2.18. The number of methoxy groups -OCH3 is 3. The van der Waals surface area contributed by atoms with Crippen LogP contribution in [-0.2, 0) is 4.79 Å². The topological polar surface area (TPSA) is 112 Å². The average molecular weight is 477 g/mol. The number of ether oxygens (including phenoxy) is 3. The zero-order valence-electron chi connectivity index (χ0n) is 20.6. The van der Waals surface area contributed by atoms with E-state index in [1.54, 1.807) is 25.8 Å². The molecule has 0 bridgehead atoms. The summed E-state index contributed by atoms with van der Waals surface area (Å²) in [4.78, 5) is 21.1. The van der Waals surface area contributed by atoms with Crippen molar-refractivity contribution in [3.8, 4) is 28.6 Å². The Bertz CT molecular complexity index is 1360. The van der Waals surface area contributed by atoms with E-state index in [1.165, 1.54) is 0 Å². The van der Waals surface area contributed by atoms with E-state index in [0.29, 0.717) is 46.7 Å². The molecule has 0 aliphatic heterocycles. The van der Waals surface area contributed by atoms with Crippen LogP contribution in [0.3, 0.4) is 0 Å². The van der Waals surface area contributed by atoms with Gasteiger partial charge in [0, 0.05) is 35.5 Å². The van der Waals surface area contributed by atoms with Crippen LogP contribution >= 0.6 is 0 Å². The monoisotopic (exact) mass is 476 g/mol. The third-order valence-corrected chi connectivity index (χ3v) is 5.50. The van der Waals surface area contributed by atoms with E-state index in [1.807, 2.05) is 57.2 Å². The molecule has 2 aromatic carbocycles. The molecule has 0 atom stereocenters. The van der Waals surface area contributed by atoms with Gasteiger partial charge >= 0.3 is 0 Å². The maximum atomic E-state index is 11.7. The summed E-state index contributed by atoms with van der Waals surface area (Å²) in [5.74, 6) is 3.31. The fourth-order valence-electron chi connectivity index (χ4n) is 3.78. The minimum atomic E-state index is -0.0447. The molecule has 2 N–H and O–H groups in total. The quantitative estimate of drug-likeness (QED) is 0.382. The van der Waals surface area contributed by atoms with Crippen molar-refractivity contribution in [3.63, 3.8) is 0 Å². The number of nitrogens with zero attached hydrogens (tertiary/aromatic N) is 4. The lowest BCUT2D eigenvalue weighted by atomic mass is 10.2. The molecule has 35 heavy (non-hydrogen) atoms. The average Bonchev–Trinajstić information content (AvgIpc) is 3.16. The van der Waals surface area contributed by atoms with Crippen molar-refractivity contribution in [2.24, 2.45) is 0 Å². The molecule has 0 fully saturated rings. The number of rotatable bonds is 8. The van der Waals surface area contributed by atoms with Gasteiger partial charge in [0.1, 0.15) is 11.3 Å². The van der Waals surface area contributed by atoms with Crippen molar-refractivity contribution < 1.29 is 19.0 Å². The molecule has 0 saturated heterocycles. The molecule has 2 aromatic heterocycles. The fourth-order valence-corrected chi connectivity index (χ4v) is 3.78. The minimum Gasteiger partial charge on any atom is -0.493 e. The van der Waals surface area contributed by atoms with Gasteiger partial charge in [-0.2, -0.15) is 0 Å². The highest BCUT2D eigenvalue weighted by Crippen LogP contribution is 2.41. The molecule has 0 radical (unpaired) electrons. The summed E-state index contributed by atoms with van der Waals surface area (Å²) in [6.07, 6.45) is 0.413. The second kappa shape index (κ2) is 9.88. The van der Waals surface area contributed by atoms with Crippen molar-refractivity contribution in [2.75, 3.05) is 32.0 Å². The van der Waals surface area contributed by atoms with Gasteiger partial charge in [-0.15, -0.1) is 5.10 Å². The molecule has 10 nitrogen and oxygen atoms in total. The van der Waals surface area contributed by atoms with Crippen molar-refractivity contribution in [2.45, 2.75) is 27.2 Å². The van der Waals surface area contributed by atoms with Gasteiger partial charge in [-0.1, -0.05) is 6.92 Å². The number of aromatic nitrogens is 4. The van der Waals surface area contributed by atoms with Crippen molar-refractivity contribution in [3.05, 3.63) is 47.9 Å². The summed E-state index contributed by atoms with van der Waals surface area (Å²) in [6.45, 7) is 5.62. The van der Waals surface area contributed by atoms with Crippen LogP contribution in [-0.4, -0.2) is 46.8 Å². The number of imidazole rings is 1. The normalized spacial score (nSPS) is 10.8. The number of nitrogens with one attached hydrogen (secondary N) is 2. The third kappa shape index (κ3) is 4.68. The van der Waals surface area contributed by atoms with Crippen LogP contribution in [0.2, 0.25) is 0 Å². The largest absolute Gasteiger partial charge is 0.493 e. The van der Waals surface area contributed by atoms with E-state index >= 15 is 0 Å². The summed E-state index contributed by atoms with van der Waals surface area (Å²) in [5, 5.41) is 10.9. The number of amides is 1. The van der Waals surface area contributed by atoms with Crippen LogP contribution in [0.4, 0.5) is 17.2 Å². The Morgan fingerprint density at radius 1 is 0.943 bits per heavy atom. The van der Waals surface area contributed by atoms with Gasteiger partial charge in [0.15, 0.2) is 23.1 Å². The summed E-state index contributed by atoms with van der Waals surface area (Å²) in [7, 11) is 4.70. The van der Waals surface area contributed by atoms with Crippen molar-refractivity contribution in [1.29, 1.82) is 0 Å². The molecule has 0 saturated carbocycles. The van der Waals surface area contributed by atoms with Crippen LogP contribution in [0.1, 0.15) is 24.9 Å². The lowest BCUT2D eigenvalue weighted by molar-refractivity contribution is -0.115. The molecule has 4 aromatic rings. The Kier molecular flexibility index (Phi) is 6.72. The van der Waals surface area contributed by atoms with Gasteiger partial charge < -0.3 is 24.8 Å². The Morgan fingerprint density at radius 2 is 1.60 bits per heavy atom. The molecular weight excluding hydrogens is 448 g/mol. The van der Waals surface area contributed by atoms with E-state index in [2.05, 4.69) is 15.6 Å². The number of carbonyl (C=O) groups excluding carboxylic acids is 1. The minimum absolute atomic E-state index is 0.0447. The Hall–Kier alpha value is -4.34. The first-order chi connectivity index (χ1) is 16.9. The van der Waals surface area contributed by atoms with Gasteiger partial charge in [-0.3, -0.25) is 4.79 Å². The fraction of sp³-hybridized carbons (Fsp3) is 0.280. The number of hydrogen-bond acceptors (Lipinski definition) is 8. The van der Waals surface area contributed by atoms with Gasteiger partial charge in [0.05, 0.1) is 27.0 Å². The predicted octanol–water partition coefficient (Wildman–Crippen LogP) is 4.53. The van der Waals surface area contributed by atoms with Gasteiger partial charge in [-0.05, 0) is 38.1 Å². The van der Waals surface area contributed by atoms with Gasteiger partial charge in [0.25, 0.3) is 0 Å². The Balaban J connectivity index is 1.79. The summed E-state index contributed by atoms with van der Waals surface area (Å²) < 4.78 is 18.2. The zero-order chi connectivity index (χ0) is 25.1. The van der Waals surface area contributed by atoms with Crippen molar-refractivity contribution >= 4 is 28.6 Å². The highest BCUT2D eigenvalue weighted by atomic mass is 16.5. The molecule has 4 rings (SSSR count). The molecular formula is C25H28N6O4. The van der Waals surface area contributed by atoms with Crippen LogP contribution in [0.15, 0.2) is 36.4 Å². The van der Waals surface area contributed by atoms with Crippen LogP contribution in [0.5, 0.6) is 17.2 Å². The van der Waals surface area contributed by atoms with Crippen LogP contribution in [0, 0.1) is 13.8 Å². The summed E-state index contributed by atoms with van der Waals surface area (Å²) in [5.41, 5.74) is 3.75. The van der Waals surface area contributed by atoms with E-state index in [4.69, 9.17) is 24.3 Å². The molecule has 2 heterocycles. The molecule has 182 valence electrons. The van der Waals surface area contributed by atoms with E-state index in [9.17, 15) is 4.79 Å². The zero-order valence-corrected chi connectivity index (χ0v) is 20.6. The van der Waals surface area contributed by atoms with Gasteiger partial charge in [-0.25, -0.2) is 14.5 Å². The molecule has 10 heteroatoms. The molecule has 0 unspecified atom stereocenters.